The lowest BCUT2D eigenvalue weighted by molar-refractivity contribution is -0.132. The van der Waals surface area contributed by atoms with E-state index in [4.69, 9.17) is 0 Å². The highest BCUT2D eigenvalue weighted by atomic mass is 19.1. The number of carbonyl (C=O) groups excluding carboxylic acids is 2. The molecule has 0 saturated carbocycles. The maximum absolute atomic E-state index is 13.4. The fourth-order valence-corrected chi connectivity index (χ4v) is 3.03. The summed E-state index contributed by atoms with van der Waals surface area (Å²) in [6.45, 7) is 2.32. The monoisotopic (exact) mass is 248 g/mol. The Balaban J connectivity index is 2.27. The van der Waals surface area contributed by atoms with E-state index < -0.39 is 11.4 Å². The van der Waals surface area contributed by atoms with Crippen LogP contribution in [-0.4, -0.2) is 30.3 Å². The van der Waals surface area contributed by atoms with Crippen molar-refractivity contribution in [2.75, 3.05) is 13.6 Å². The van der Waals surface area contributed by atoms with Gasteiger partial charge >= 0.3 is 0 Å². The number of carbonyl (C=O) groups is 2. The first kappa shape index (κ1) is 11.2. The third-order valence-electron chi connectivity index (χ3n) is 3.83. The van der Waals surface area contributed by atoms with Crippen molar-refractivity contribution in [1.82, 2.24) is 10.2 Å². The van der Waals surface area contributed by atoms with E-state index >= 15 is 0 Å². The lowest BCUT2D eigenvalue weighted by atomic mass is 9.85. The van der Waals surface area contributed by atoms with Gasteiger partial charge in [-0.15, -0.1) is 0 Å². The van der Waals surface area contributed by atoms with Crippen LogP contribution in [0.5, 0.6) is 0 Å². The molecule has 1 atom stereocenters. The highest BCUT2D eigenvalue weighted by molar-refractivity contribution is 6.08. The molecule has 0 aliphatic carbocycles. The lowest BCUT2D eigenvalue weighted by Gasteiger charge is -2.24. The quantitative estimate of drug-likeness (QED) is 0.742. The van der Waals surface area contributed by atoms with Crippen LogP contribution in [0.4, 0.5) is 4.39 Å². The van der Waals surface area contributed by atoms with Crippen molar-refractivity contribution in [3.8, 4) is 0 Å². The Morgan fingerprint density at radius 2 is 2.11 bits per heavy atom. The Morgan fingerprint density at radius 1 is 1.39 bits per heavy atom. The van der Waals surface area contributed by atoms with E-state index in [2.05, 4.69) is 5.32 Å². The van der Waals surface area contributed by atoms with Crippen LogP contribution in [0.15, 0.2) is 12.1 Å². The van der Waals surface area contributed by atoms with Gasteiger partial charge in [-0.1, -0.05) is 0 Å². The summed E-state index contributed by atoms with van der Waals surface area (Å²) in [6, 6.07) is 2.57. The summed E-state index contributed by atoms with van der Waals surface area (Å²) in [5.74, 6) is -0.933. The molecule has 0 radical (unpaired) electrons. The van der Waals surface area contributed by atoms with Crippen molar-refractivity contribution in [3.05, 3.63) is 34.6 Å². The molecule has 1 aromatic carbocycles. The molecule has 0 bridgehead atoms. The summed E-state index contributed by atoms with van der Waals surface area (Å²) in [4.78, 5) is 25.8. The molecule has 2 amide bonds. The lowest BCUT2D eigenvalue weighted by Crippen LogP contribution is -2.46. The van der Waals surface area contributed by atoms with Crippen LogP contribution < -0.4 is 5.32 Å². The van der Waals surface area contributed by atoms with E-state index in [9.17, 15) is 14.0 Å². The summed E-state index contributed by atoms with van der Waals surface area (Å²) in [5, 5.41) is 2.75. The van der Waals surface area contributed by atoms with Gasteiger partial charge in [0, 0.05) is 31.1 Å². The van der Waals surface area contributed by atoms with E-state index in [0.29, 0.717) is 24.1 Å². The summed E-state index contributed by atoms with van der Waals surface area (Å²) in [6.07, 6.45) is 0.535. The third-order valence-corrected chi connectivity index (χ3v) is 3.83. The molecule has 1 fully saturated rings. The zero-order valence-electron chi connectivity index (χ0n) is 10.2. The van der Waals surface area contributed by atoms with Gasteiger partial charge in [0.2, 0.25) is 0 Å². The molecule has 1 spiro atoms. The number of halogens is 1. The molecule has 1 saturated heterocycles. The van der Waals surface area contributed by atoms with Crippen LogP contribution in [0.25, 0.3) is 0 Å². The molecule has 4 nitrogen and oxygen atoms in total. The Bertz CT molecular complexity index is 585. The number of amides is 2. The van der Waals surface area contributed by atoms with Crippen LogP contribution in [0.1, 0.15) is 27.9 Å². The molecule has 5 heteroatoms. The summed E-state index contributed by atoms with van der Waals surface area (Å²) in [7, 11) is 1.71. The van der Waals surface area contributed by atoms with E-state index in [-0.39, 0.29) is 17.4 Å². The molecule has 0 aromatic heterocycles. The first-order valence-corrected chi connectivity index (χ1v) is 5.84. The first-order valence-electron chi connectivity index (χ1n) is 5.84. The van der Waals surface area contributed by atoms with Crippen LogP contribution in [0.2, 0.25) is 0 Å². The predicted octanol–water partition coefficient (Wildman–Crippen LogP) is 0.935. The number of benzene rings is 1. The minimum atomic E-state index is -0.973. The van der Waals surface area contributed by atoms with Crippen molar-refractivity contribution in [3.63, 3.8) is 0 Å². The second-order valence-electron chi connectivity index (χ2n) is 4.98. The molecule has 18 heavy (non-hydrogen) atoms. The van der Waals surface area contributed by atoms with Gasteiger partial charge in [0.15, 0.2) is 0 Å². The zero-order chi connectivity index (χ0) is 13.1. The van der Waals surface area contributed by atoms with Crippen LogP contribution in [0, 0.1) is 12.7 Å². The van der Waals surface area contributed by atoms with Crippen LogP contribution >= 0.6 is 0 Å². The van der Waals surface area contributed by atoms with E-state index in [0.717, 1.165) is 0 Å². The number of hydrogen-bond acceptors (Lipinski definition) is 2. The molecule has 2 aliphatic heterocycles. The molecule has 1 unspecified atom stereocenters. The van der Waals surface area contributed by atoms with Gasteiger partial charge in [-0.25, -0.2) is 4.39 Å². The van der Waals surface area contributed by atoms with Gasteiger partial charge in [-0.05, 0) is 24.6 Å². The number of nitrogens with zero attached hydrogens (tertiary/aromatic N) is 1. The summed E-state index contributed by atoms with van der Waals surface area (Å²) in [5.41, 5.74) is 0.602. The standard InChI is InChI=1S/C13H13FN2O2/c1-7-5-8(14)6-9-10(7)13(15-11(9)17)3-4-16(2)12(13)18/h5-6H,3-4H2,1-2H3,(H,15,17). The van der Waals surface area contributed by atoms with Gasteiger partial charge in [0.1, 0.15) is 11.4 Å². The maximum Gasteiger partial charge on any atom is 0.252 e. The van der Waals surface area contributed by atoms with Crippen molar-refractivity contribution in [2.24, 2.45) is 0 Å². The van der Waals surface area contributed by atoms with Gasteiger partial charge in [0.25, 0.3) is 11.8 Å². The number of rotatable bonds is 0. The van der Waals surface area contributed by atoms with Crippen LogP contribution in [-0.2, 0) is 10.3 Å². The first-order chi connectivity index (χ1) is 8.45. The molecule has 2 aliphatic rings. The minimum absolute atomic E-state index is 0.121. The average molecular weight is 248 g/mol. The fourth-order valence-electron chi connectivity index (χ4n) is 3.03. The predicted molar refractivity (Wildman–Crippen MR) is 62.5 cm³/mol. The number of likely N-dealkylation sites (N-methyl/N-ethyl adjacent to an activating group) is 1. The molecular formula is C13H13FN2O2. The SMILES string of the molecule is Cc1cc(F)cc2c1C1(CCN(C)C1=O)NC2=O. The van der Waals surface area contributed by atoms with Crippen molar-refractivity contribution in [2.45, 2.75) is 18.9 Å². The number of nitrogens with one attached hydrogen (secondary N) is 1. The number of likely N-dealkylation sites (tertiary alicyclic amines) is 1. The summed E-state index contributed by atoms with van der Waals surface area (Å²) < 4.78 is 13.4. The van der Waals surface area contributed by atoms with Gasteiger partial charge in [-0.2, -0.15) is 0 Å². The van der Waals surface area contributed by atoms with Crippen LogP contribution in [0.3, 0.4) is 0 Å². The van der Waals surface area contributed by atoms with E-state index in [1.807, 2.05) is 0 Å². The second-order valence-corrected chi connectivity index (χ2v) is 4.98. The Kier molecular flexibility index (Phi) is 2.06. The Hall–Kier alpha value is -1.91. The topological polar surface area (TPSA) is 49.4 Å². The molecule has 2 heterocycles. The molecule has 1 aromatic rings. The fraction of sp³-hybridized carbons (Fsp3) is 0.385. The number of fused-ring (bicyclic) bond motifs is 2. The largest absolute Gasteiger partial charge is 0.343 e. The third kappa shape index (κ3) is 1.19. The number of aryl methyl sites for hydroxylation is 1. The normalized spacial score (nSPS) is 25.8. The maximum atomic E-state index is 13.4. The van der Waals surface area contributed by atoms with Crippen molar-refractivity contribution >= 4 is 11.8 Å². The number of hydrogen-bond donors (Lipinski definition) is 1. The highest BCUT2D eigenvalue weighted by Crippen LogP contribution is 2.41. The van der Waals surface area contributed by atoms with Crippen molar-refractivity contribution < 1.29 is 14.0 Å². The minimum Gasteiger partial charge on any atom is -0.343 e. The Morgan fingerprint density at radius 3 is 2.72 bits per heavy atom. The van der Waals surface area contributed by atoms with Crippen molar-refractivity contribution in [1.29, 1.82) is 0 Å². The molecular weight excluding hydrogens is 235 g/mol. The zero-order valence-corrected chi connectivity index (χ0v) is 10.2. The highest BCUT2D eigenvalue weighted by Gasteiger charge is 2.54. The van der Waals surface area contributed by atoms with E-state index in [1.54, 1.807) is 18.9 Å². The smallest absolute Gasteiger partial charge is 0.252 e. The summed E-state index contributed by atoms with van der Waals surface area (Å²) >= 11 is 0. The second kappa shape index (κ2) is 3.31. The van der Waals surface area contributed by atoms with Gasteiger partial charge in [0.05, 0.1) is 0 Å². The van der Waals surface area contributed by atoms with E-state index in [1.165, 1.54) is 12.1 Å². The van der Waals surface area contributed by atoms with Gasteiger partial charge in [-0.3, -0.25) is 9.59 Å². The van der Waals surface area contributed by atoms with Gasteiger partial charge < -0.3 is 10.2 Å². The molecule has 3 rings (SSSR count). The average Bonchev–Trinajstić information content (AvgIpc) is 2.73. The Labute approximate surface area is 104 Å². The molecule has 1 N–H and O–H groups in total. The molecule has 94 valence electrons.